The van der Waals surface area contributed by atoms with Crippen molar-refractivity contribution in [1.29, 1.82) is 0 Å². The quantitative estimate of drug-likeness (QED) is 0.836. The average Bonchev–Trinajstić information content (AvgIpc) is 2.78. The van der Waals surface area contributed by atoms with Crippen molar-refractivity contribution in [2.75, 3.05) is 0 Å². The molecule has 0 radical (unpaired) electrons. The first kappa shape index (κ1) is 13.6. The summed E-state index contributed by atoms with van der Waals surface area (Å²) in [5.74, 6) is -0.438. The number of carboxylic acid groups (broad SMARTS) is 1. The number of furan rings is 1. The highest BCUT2D eigenvalue weighted by atomic mass is 16.4. The van der Waals surface area contributed by atoms with Crippen molar-refractivity contribution >= 4 is 16.9 Å². The third-order valence-corrected chi connectivity index (χ3v) is 3.42. The predicted octanol–water partition coefficient (Wildman–Crippen LogP) is 3.41. The smallest absolute Gasteiger partial charge is 0.339 e. The van der Waals surface area contributed by atoms with Crippen LogP contribution in [-0.4, -0.2) is 17.1 Å². The van der Waals surface area contributed by atoms with Gasteiger partial charge in [0.05, 0.1) is 6.54 Å². The molecular weight excluding hydrogens is 242 g/mol. The molecule has 0 aliphatic carbocycles. The van der Waals surface area contributed by atoms with E-state index in [4.69, 9.17) is 4.42 Å². The number of para-hydroxylation sites is 1. The zero-order chi connectivity index (χ0) is 13.8. The summed E-state index contributed by atoms with van der Waals surface area (Å²) in [6, 6.07) is 7.62. The molecule has 2 N–H and O–H groups in total. The molecule has 1 aromatic heterocycles. The van der Waals surface area contributed by atoms with Crippen molar-refractivity contribution in [3.8, 4) is 0 Å². The van der Waals surface area contributed by atoms with Crippen LogP contribution < -0.4 is 5.32 Å². The van der Waals surface area contributed by atoms with E-state index >= 15 is 0 Å². The molecule has 1 aromatic carbocycles. The topological polar surface area (TPSA) is 62.5 Å². The second-order valence-corrected chi connectivity index (χ2v) is 4.60. The minimum atomic E-state index is -0.939. The molecule has 19 heavy (non-hydrogen) atoms. The third-order valence-electron chi connectivity index (χ3n) is 3.42. The van der Waals surface area contributed by atoms with E-state index in [0.29, 0.717) is 29.3 Å². The SMILES string of the molecule is CCC(CC)NCc1oc2ccccc2c1C(=O)O. The zero-order valence-corrected chi connectivity index (χ0v) is 11.3. The number of aromatic carboxylic acids is 1. The number of nitrogens with one attached hydrogen (secondary N) is 1. The molecule has 0 saturated carbocycles. The lowest BCUT2D eigenvalue weighted by atomic mass is 10.1. The molecule has 0 aliphatic rings. The number of hydrogen-bond acceptors (Lipinski definition) is 3. The second kappa shape index (κ2) is 5.89. The predicted molar refractivity (Wildman–Crippen MR) is 74.4 cm³/mol. The Bertz CT molecular complexity index is 570. The first-order valence-corrected chi connectivity index (χ1v) is 6.64. The molecule has 0 spiro atoms. The lowest BCUT2D eigenvalue weighted by molar-refractivity contribution is 0.0696. The molecule has 0 bridgehead atoms. The van der Waals surface area contributed by atoms with E-state index in [-0.39, 0.29) is 5.56 Å². The monoisotopic (exact) mass is 261 g/mol. The normalized spacial score (nSPS) is 11.3. The minimum Gasteiger partial charge on any atom is -0.478 e. The van der Waals surface area contributed by atoms with Gasteiger partial charge in [-0.3, -0.25) is 0 Å². The summed E-state index contributed by atoms with van der Waals surface area (Å²) in [7, 11) is 0. The molecular formula is C15H19NO3. The molecule has 2 rings (SSSR count). The van der Waals surface area contributed by atoms with Gasteiger partial charge in [-0.15, -0.1) is 0 Å². The van der Waals surface area contributed by atoms with Gasteiger partial charge in [-0.05, 0) is 18.9 Å². The highest BCUT2D eigenvalue weighted by molar-refractivity contribution is 6.03. The summed E-state index contributed by atoms with van der Waals surface area (Å²) in [5, 5.41) is 13.3. The van der Waals surface area contributed by atoms with Crippen LogP contribution in [0.15, 0.2) is 28.7 Å². The van der Waals surface area contributed by atoms with Crippen molar-refractivity contribution in [1.82, 2.24) is 5.32 Å². The lowest BCUT2D eigenvalue weighted by Crippen LogP contribution is -2.27. The van der Waals surface area contributed by atoms with Gasteiger partial charge in [0.1, 0.15) is 16.9 Å². The van der Waals surface area contributed by atoms with Crippen LogP contribution in [0.5, 0.6) is 0 Å². The van der Waals surface area contributed by atoms with E-state index in [9.17, 15) is 9.90 Å². The fraction of sp³-hybridized carbons (Fsp3) is 0.400. The van der Waals surface area contributed by atoms with Gasteiger partial charge in [-0.25, -0.2) is 4.79 Å². The summed E-state index contributed by atoms with van der Waals surface area (Å²) in [5.41, 5.74) is 0.898. The zero-order valence-electron chi connectivity index (χ0n) is 11.3. The Morgan fingerprint density at radius 1 is 1.32 bits per heavy atom. The van der Waals surface area contributed by atoms with Crippen LogP contribution in [0.3, 0.4) is 0 Å². The van der Waals surface area contributed by atoms with Crippen LogP contribution in [0.2, 0.25) is 0 Å². The summed E-state index contributed by atoms with van der Waals surface area (Å²) in [6.45, 7) is 4.67. The summed E-state index contributed by atoms with van der Waals surface area (Å²) in [4.78, 5) is 11.4. The molecule has 4 heteroatoms. The lowest BCUT2D eigenvalue weighted by Gasteiger charge is -2.13. The summed E-state index contributed by atoms with van der Waals surface area (Å²) < 4.78 is 5.66. The van der Waals surface area contributed by atoms with E-state index in [0.717, 1.165) is 12.8 Å². The molecule has 1 heterocycles. The van der Waals surface area contributed by atoms with Crippen molar-refractivity contribution in [2.24, 2.45) is 0 Å². The van der Waals surface area contributed by atoms with Gasteiger partial charge in [0.15, 0.2) is 0 Å². The van der Waals surface area contributed by atoms with Crippen LogP contribution in [0.4, 0.5) is 0 Å². The van der Waals surface area contributed by atoms with Gasteiger partial charge in [0.2, 0.25) is 0 Å². The average molecular weight is 261 g/mol. The first-order valence-electron chi connectivity index (χ1n) is 6.64. The number of carbonyl (C=O) groups is 1. The number of carboxylic acids is 1. The van der Waals surface area contributed by atoms with E-state index in [1.165, 1.54) is 0 Å². The molecule has 0 amide bonds. The van der Waals surface area contributed by atoms with E-state index in [2.05, 4.69) is 19.2 Å². The second-order valence-electron chi connectivity index (χ2n) is 4.60. The van der Waals surface area contributed by atoms with E-state index in [1.807, 2.05) is 12.1 Å². The van der Waals surface area contributed by atoms with Gasteiger partial charge in [0, 0.05) is 11.4 Å². The molecule has 4 nitrogen and oxygen atoms in total. The molecule has 0 atom stereocenters. The molecule has 2 aromatic rings. The number of fused-ring (bicyclic) bond motifs is 1. The maximum Gasteiger partial charge on any atom is 0.339 e. The van der Waals surface area contributed by atoms with Gasteiger partial charge in [-0.2, -0.15) is 0 Å². The Hall–Kier alpha value is -1.81. The Balaban J connectivity index is 2.31. The molecule has 0 fully saturated rings. The number of rotatable bonds is 6. The van der Waals surface area contributed by atoms with E-state index in [1.54, 1.807) is 12.1 Å². The van der Waals surface area contributed by atoms with Gasteiger partial charge < -0.3 is 14.8 Å². The molecule has 0 unspecified atom stereocenters. The van der Waals surface area contributed by atoms with Crippen LogP contribution in [0, 0.1) is 0 Å². The number of benzene rings is 1. The Kier molecular flexibility index (Phi) is 4.22. The first-order chi connectivity index (χ1) is 9.17. The van der Waals surface area contributed by atoms with Crippen LogP contribution in [-0.2, 0) is 6.54 Å². The van der Waals surface area contributed by atoms with Gasteiger partial charge in [0.25, 0.3) is 0 Å². The Labute approximate surface area is 112 Å². The van der Waals surface area contributed by atoms with Gasteiger partial charge >= 0.3 is 5.97 Å². The fourth-order valence-corrected chi connectivity index (χ4v) is 2.27. The van der Waals surface area contributed by atoms with Crippen molar-refractivity contribution in [3.05, 3.63) is 35.6 Å². The Morgan fingerprint density at radius 3 is 2.63 bits per heavy atom. The Morgan fingerprint density at radius 2 is 2.00 bits per heavy atom. The summed E-state index contributed by atoms with van der Waals surface area (Å²) in [6.07, 6.45) is 2.03. The van der Waals surface area contributed by atoms with Crippen molar-refractivity contribution in [2.45, 2.75) is 39.3 Å². The minimum absolute atomic E-state index is 0.272. The third kappa shape index (κ3) is 2.79. The van der Waals surface area contributed by atoms with Gasteiger partial charge in [-0.1, -0.05) is 32.0 Å². The fourth-order valence-electron chi connectivity index (χ4n) is 2.27. The largest absolute Gasteiger partial charge is 0.478 e. The highest BCUT2D eigenvalue weighted by Crippen LogP contribution is 2.26. The van der Waals surface area contributed by atoms with Crippen LogP contribution in [0.1, 0.15) is 42.8 Å². The standard InChI is InChI=1S/C15H19NO3/c1-3-10(4-2)16-9-13-14(15(17)18)11-7-5-6-8-12(11)19-13/h5-8,10,16H,3-4,9H2,1-2H3,(H,17,18). The van der Waals surface area contributed by atoms with Crippen molar-refractivity contribution < 1.29 is 14.3 Å². The maximum atomic E-state index is 11.4. The maximum absolute atomic E-state index is 11.4. The summed E-state index contributed by atoms with van der Waals surface area (Å²) >= 11 is 0. The molecule has 0 aliphatic heterocycles. The highest BCUT2D eigenvalue weighted by Gasteiger charge is 2.20. The van der Waals surface area contributed by atoms with E-state index < -0.39 is 5.97 Å². The molecule has 102 valence electrons. The van der Waals surface area contributed by atoms with Crippen LogP contribution in [0.25, 0.3) is 11.0 Å². The van der Waals surface area contributed by atoms with Crippen molar-refractivity contribution in [3.63, 3.8) is 0 Å². The number of hydrogen-bond donors (Lipinski definition) is 2. The van der Waals surface area contributed by atoms with Crippen LogP contribution >= 0.6 is 0 Å². The molecule has 0 saturated heterocycles.